The van der Waals surface area contributed by atoms with Gasteiger partial charge in [-0.2, -0.15) is 5.10 Å². The predicted octanol–water partition coefficient (Wildman–Crippen LogP) is 3.79. The zero-order valence-corrected chi connectivity index (χ0v) is 14.3. The molecular formula is C18H22ClN3O. The highest BCUT2D eigenvalue weighted by atomic mass is 35.5. The lowest BCUT2D eigenvalue weighted by Crippen LogP contribution is -2.31. The van der Waals surface area contributed by atoms with Gasteiger partial charge in [-0.25, -0.2) is 0 Å². The number of aromatic hydroxyl groups is 1. The van der Waals surface area contributed by atoms with Crippen LogP contribution in [-0.2, 0) is 19.4 Å². The number of aromatic amines is 1. The summed E-state index contributed by atoms with van der Waals surface area (Å²) in [5, 5.41) is 18.1. The predicted molar refractivity (Wildman–Crippen MR) is 93.7 cm³/mol. The molecule has 0 saturated carbocycles. The second kappa shape index (κ2) is 6.77. The van der Waals surface area contributed by atoms with Crippen molar-refractivity contribution in [3.05, 3.63) is 51.3 Å². The normalized spacial score (nSPS) is 15.7. The van der Waals surface area contributed by atoms with Crippen molar-refractivity contribution in [2.75, 3.05) is 13.1 Å². The third kappa shape index (κ3) is 3.59. The molecule has 0 atom stereocenters. The number of aryl methyl sites for hydroxylation is 1. The molecule has 0 aliphatic carbocycles. The van der Waals surface area contributed by atoms with Crippen molar-refractivity contribution < 1.29 is 5.11 Å². The Kier molecular flexibility index (Phi) is 4.74. The molecule has 0 radical (unpaired) electrons. The van der Waals surface area contributed by atoms with Gasteiger partial charge in [0.2, 0.25) is 0 Å². The van der Waals surface area contributed by atoms with Crippen molar-refractivity contribution in [2.45, 2.75) is 33.2 Å². The smallest absolute Gasteiger partial charge is 0.122 e. The monoisotopic (exact) mass is 331 g/mol. The number of hydrogen-bond donors (Lipinski definition) is 2. The summed E-state index contributed by atoms with van der Waals surface area (Å²) in [6.45, 7) is 7.06. The molecule has 3 rings (SSSR count). The van der Waals surface area contributed by atoms with E-state index in [1.54, 1.807) is 18.2 Å². The Morgan fingerprint density at radius 1 is 1.48 bits per heavy atom. The average Bonchev–Trinajstić information content (AvgIpc) is 2.93. The van der Waals surface area contributed by atoms with Crippen LogP contribution in [0.4, 0.5) is 0 Å². The summed E-state index contributed by atoms with van der Waals surface area (Å²) in [5.41, 5.74) is 5.79. The number of nitrogens with one attached hydrogen (secondary N) is 1. The molecule has 2 N–H and O–H groups in total. The van der Waals surface area contributed by atoms with Gasteiger partial charge in [0.15, 0.2) is 0 Å². The van der Waals surface area contributed by atoms with E-state index in [2.05, 4.69) is 28.9 Å². The van der Waals surface area contributed by atoms with Crippen LogP contribution in [-0.4, -0.2) is 33.3 Å². The van der Waals surface area contributed by atoms with Gasteiger partial charge in [-0.1, -0.05) is 30.2 Å². The number of rotatable bonds is 4. The maximum Gasteiger partial charge on any atom is 0.122 e. The molecule has 1 aliphatic heterocycles. The lowest BCUT2D eigenvalue weighted by molar-refractivity contribution is 0.274. The minimum Gasteiger partial charge on any atom is -0.507 e. The maximum atomic E-state index is 9.93. The fourth-order valence-corrected chi connectivity index (χ4v) is 3.32. The van der Waals surface area contributed by atoms with E-state index in [0.29, 0.717) is 5.02 Å². The van der Waals surface area contributed by atoms with Crippen LogP contribution in [0.25, 0.3) is 6.08 Å². The SMILES string of the molecule is CCc1n[nH]c2c1CN(CC(C)=Cc1cc(Cl)ccc1O)CC2. The molecule has 0 amide bonds. The summed E-state index contributed by atoms with van der Waals surface area (Å²) < 4.78 is 0. The van der Waals surface area contributed by atoms with Crippen LogP contribution in [0, 0.1) is 0 Å². The van der Waals surface area contributed by atoms with Gasteiger partial charge in [0.25, 0.3) is 0 Å². The van der Waals surface area contributed by atoms with E-state index in [-0.39, 0.29) is 5.75 Å². The molecule has 1 aromatic heterocycles. The summed E-state index contributed by atoms with van der Waals surface area (Å²) in [6, 6.07) is 5.12. The van der Waals surface area contributed by atoms with Gasteiger partial charge in [0, 0.05) is 47.9 Å². The molecule has 1 aromatic carbocycles. The molecule has 5 heteroatoms. The van der Waals surface area contributed by atoms with E-state index in [1.807, 2.05) is 6.08 Å². The molecule has 0 saturated heterocycles. The van der Waals surface area contributed by atoms with Crippen molar-refractivity contribution in [3.8, 4) is 5.75 Å². The van der Waals surface area contributed by atoms with Crippen LogP contribution in [0.3, 0.4) is 0 Å². The minimum absolute atomic E-state index is 0.262. The van der Waals surface area contributed by atoms with E-state index in [1.165, 1.54) is 22.5 Å². The summed E-state index contributed by atoms with van der Waals surface area (Å²) >= 11 is 6.01. The minimum atomic E-state index is 0.262. The van der Waals surface area contributed by atoms with Crippen molar-refractivity contribution >= 4 is 17.7 Å². The number of phenols is 1. The number of benzene rings is 1. The molecule has 4 nitrogen and oxygen atoms in total. The van der Waals surface area contributed by atoms with Gasteiger partial charge in [-0.15, -0.1) is 0 Å². The van der Waals surface area contributed by atoms with Gasteiger partial charge in [-0.3, -0.25) is 10.00 Å². The van der Waals surface area contributed by atoms with Crippen molar-refractivity contribution in [3.63, 3.8) is 0 Å². The van der Waals surface area contributed by atoms with Gasteiger partial charge < -0.3 is 5.11 Å². The third-order valence-electron chi connectivity index (χ3n) is 4.30. The van der Waals surface area contributed by atoms with E-state index in [4.69, 9.17) is 11.6 Å². The Bertz CT molecular complexity index is 722. The molecule has 1 aliphatic rings. The third-order valence-corrected chi connectivity index (χ3v) is 4.53. The van der Waals surface area contributed by atoms with Crippen LogP contribution in [0.15, 0.2) is 23.8 Å². The fraction of sp³-hybridized carbons (Fsp3) is 0.389. The Labute approximate surface area is 141 Å². The Hall–Kier alpha value is -1.78. The molecule has 2 heterocycles. The van der Waals surface area contributed by atoms with Crippen LogP contribution < -0.4 is 0 Å². The summed E-state index contributed by atoms with van der Waals surface area (Å²) in [7, 11) is 0. The average molecular weight is 332 g/mol. The van der Waals surface area contributed by atoms with Gasteiger partial charge in [0.1, 0.15) is 5.75 Å². The maximum absolute atomic E-state index is 9.93. The fourth-order valence-electron chi connectivity index (χ4n) is 3.14. The molecule has 0 unspecified atom stereocenters. The van der Waals surface area contributed by atoms with Gasteiger partial charge in [0.05, 0.1) is 5.69 Å². The van der Waals surface area contributed by atoms with Gasteiger partial charge >= 0.3 is 0 Å². The topological polar surface area (TPSA) is 52.2 Å². The second-order valence-electron chi connectivity index (χ2n) is 6.14. The number of nitrogens with zero attached hydrogens (tertiary/aromatic N) is 2. The van der Waals surface area contributed by atoms with E-state index in [9.17, 15) is 5.11 Å². The zero-order valence-electron chi connectivity index (χ0n) is 13.6. The summed E-state index contributed by atoms with van der Waals surface area (Å²) in [6.07, 6.45) is 3.98. The number of phenolic OH excluding ortho intramolecular Hbond substituents is 1. The second-order valence-corrected chi connectivity index (χ2v) is 6.57. The first kappa shape index (κ1) is 16.1. The van der Waals surface area contributed by atoms with E-state index < -0.39 is 0 Å². The van der Waals surface area contributed by atoms with Crippen LogP contribution in [0.1, 0.15) is 36.4 Å². The standard InChI is InChI=1S/C18H22ClN3O/c1-3-16-15-11-22(7-6-17(15)21-20-16)10-12(2)8-13-9-14(19)4-5-18(13)23/h4-5,8-9,23H,3,6-7,10-11H2,1-2H3,(H,20,21). The first-order chi connectivity index (χ1) is 11.1. The number of aromatic nitrogens is 2. The molecule has 122 valence electrons. The van der Waals surface area contributed by atoms with Crippen molar-refractivity contribution in [1.82, 2.24) is 15.1 Å². The summed E-state index contributed by atoms with van der Waals surface area (Å²) in [5.74, 6) is 0.262. The summed E-state index contributed by atoms with van der Waals surface area (Å²) in [4.78, 5) is 2.42. The van der Waals surface area contributed by atoms with Crippen LogP contribution >= 0.6 is 11.6 Å². The number of H-pyrrole nitrogens is 1. The Morgan fingerprint density at radius 2 is 2.30 bits per heavy atom. The van der Waals surface area contributed by atoms with E-state index >= 15 is 0 Å². The Balaban J connectivity index is 1.72. The van der Waals surface area contributed by atoms with Gasteiger partial charge in [-0.05, 0) is 31.5 Å². The molecule has 23 heavy (non-hydrogen) atoms. The van der Waals surface area contributed by atoms with E-state index in [0.717, 1.165) is 38.0 Å². The van der Waals surface area contributed by atoms with Crippen molar-refractivity contribution in [2.24, 2.45) is 0 Å². The molecule has 0 spiro atoms. The van der Waals surface area contributed by atoms with Crippen LogP contribution in [0.2, 0.25) is 5.02 Å². The van der Waals surface area contributed by atoms with Crippen LogP contribution in [0.5, 0.6) is 5.75 Å². The molecule has 2 aromatic rings. The number of fused-ring (bicyclic) bond motifs is 1. The largest absolute Gasteiger partial charge is 0.507 e. The molecular weight excluding hydrogens is 310 g/mol. The molecule has 0 fully saturated rings. The highest BCUT2D eigenvalue weighted by Crippen LogP contribution is 2.25. The lowest BCUT2D eigenvalue weighted by atomic mass is 10.0. The number of hydrogen-bond acceptors (Lipinski definition) is 3. The zero-order chi connectivity index (χ0) is 16.4. The quantitative estimate of drug-likeness (QED) is 0.896. The number of halogens is 1. The highest BCUT2D eigenvalue weighted by Gasteiger charge is 2.21. The Morgan fingerprint density at radius 3 is 3.09 bits per heavy atom. The first-order valence-corrected chi connectivity index (χ1v) is 8.37. The van der Waals surface area contributed by atoms with Crippen molar-refractivity contribution in [1.29, 1.82) is 0 Å². The first-order valence-electron chi connectivity index (χ1n) is 8.00. The molecule has 0 bridgehead atoms. The highest BCUT2D eigenvalue weighted by molar-refractivity contribution is 6.30. The lowest BCUT2D eigenvalue weighted by Gasteiger charge is -2.27.